The lowest BCUT2D eigenvalue weighted by atomic mass is 10.0. The first-order valence-corrected chi connectivity index (χ1v) is 12.4. The Morgan fingerprint density at radius 3 is 2.26 bits per heavy atom. The molecule has 0 unspecified atom stereocenters. The molecule has 0 saturated carbocycles. The van der Waals surface area contributed by atoms with Crippen LogP contribution in [-0.2, 0) is 20.9 Å². The summed E-state index contributed by atoms with van der Waals surface area (Å²) in [7, 11) is 0. The van der Waals surface area contributed by atoms with Gasteiger partial charge in [0.25, 0.3) is 5.91 Å². The zero-order valence-corrected chi connectivity index (χ0v) is 22.4. The lowest BCUT2D eigenvalue weighted by Crippen LogP contribution is -2.37. The Kier molecular flexibility index (Phi) is 9.76. The predicted octanol–water partition coefficient (Wildman–Crippen LogP) is 4.52. The van der Waals surface area contributed by atoms with Crippen molar-refractivity contribution in [3.63, 3.8) is 0 Å². The molecule has 3 amide bonds. The van der Waals surface area contributed by atoms with Crippen LogP contribution in [0.5, 0.6) is 5.75 Å². The maximum Gasteiger partial charge on any atom is 0.329 e. The Morgan fingerprint density at radius 2 is 1.61 bits per heavy atom. The van der Waals surface area contributed by atoms with Crippen LogP contribution in [0.25, 0.3) is 0 Å². The number of aryl methyl sites for hydroxylation is 3. The molecule has 0 fully saturated rings. The third-order valence-corrected chi connectivity index (χ3v) is 5.85. The summed E-state index contributed by atoms with van der Waals surface area (Å²) in [6.07, 6.45) is 1.39. The van der Waals surface area contributed by atoms with E-state index in [0.717, 1.165) is 27.9 Å². The average Bonchev–Trinajstić information content (AvgIpc) is 2.88. The van der Waals surface area contributed by atoms with Gasteiger partial charge in [0.2, 0.25) is 0 Å². The Hall–Kier alpha value is -4.46. The van der Waals surface area contributed by atoms with E-state index in [4.69, 9.17) is 4.74 Å². The van der Waals surface area contributed by atoms with Crippen LogP contribution in [0.1, 0.15) is 53.1 Å². The molecule has 198 valence electrons. The molecule has 0 bridgehead atoms. The van der Waals surface area contributed by atoms with Gasteiger partial charge in [-0.2, -0.15) is 5.10 Å². The van der Waals surface area contributed by atoms with Crippen molar-refractivity contribution in [3.05, 3.63) is 94.0 Å². The number of amides is 3. The molecular weight excluding hydrogens is 480 g/mol. The molecule has 8 nitrogen and oxygen atoms in total. The molecule has 38 heavy (non-hydrogen) atoms. The molecule has 0 aromatic heterocycles. The molecule has 0 aliphatic rings. The summed E-state index contributed by atoms with van der Waals surface area (Å²) in [5.74, 6) is -1.03. The Morgan fingerprint density at radius 1 is 0.921 bits per heavy atom. The second-order valence-electron chi connectivity index (χ2n) is 9.46. The van der Waals surface area contributed by atoms with Crippen LogP contribution in [0.3, 0.4) is 0 Å². The zero-order chi connectivity index (χ0) is 27.7. The maximum atomic E-state index is 12.4. The van der Waals surface area contributed by atoms with Gasteiger partial charge < -0.3 is 15.4 Å². The van der Waals surface area contributed by atoms with Gasteiger partial charge in [0.15, 0.2) is 6.61 Å². The number of nitrogens with one attached hydrogen (secondary N) is 3. The minimum Gasteiger partial charge on any atom is -0.484 e. The van der Waals surface area contributed by atoms with Crippen molar-refractivity contribution in [3.8, 4) is 5.75 Å². The Bertz CT molecular complexity index is 1310. The number of hydrogen-bond acceptors (Lipinski definition) is 5. The van der Waals surface area contributed by atoms with Gasteiger partial charge >= 0.3 is 11.8 Å². The standard InChI is InChI=1S/C30H34N4O4/c1-19(2)25-11-9-23(10-12-25)16-31-29(36)30(37)34-32-17-24-7-6-8-26(15-24)38-18-27(35)33-28-21(4)13-20(3)14-22(28)5/h6-15,17,19H,16,18H2,1-5H3,(H,31,36)(H,33,35)(H,34,37)/b32-17-. The van der Waals surface area contributed by atoms with Gasteiger partial charge in [-0.25, -0.2) is 5.43 Å². The van der Waals surface area contributed by atoms with E-state index in [9.17, 15) is 14.4 Å². The molecule has 0 saturated heterocycles. The van der Waals surface area contributed by atoms with Crippen molar-refractivity contribution in [2.75, 3.05) is 11.9 Å². The van der Waals surface area contributed by atoms with E-state index in [1.165, 1.54) is 11.8 Å². The molecule has 0 radical (unpaired) electrons. The highest BCUT2D eigenvalue weighted by Gasteiger charge is 2.12. The minimum atomic E-state index is -0.870. The van der Waals surface area contributed by atoms with Gasteiger partial charge in [0, 0.05) is 12.2 Å². The zero-order valence-electron chi connectivity index (χ0n) is 22.4. The highest BCUT2D eigenvalue weighted by Crippen LogP contribution is 2.22. The fraction of sp³-hybridized carbons (Fsp3) is 0.267. The molecule has 0 heterocycles. The van der Waals surface area contributed by atoms with Crippen LogP contribution >= 0.6 is 0 Å². The number of rotatable bonds is 9. The molecule has 0 spiro atoms. The van der Waals surface area contributed by atoms with Gasteiger partial charge in [-0.15, -0.1) is 0 Å². The van der Waals surface area contributed by atoms with E-state index in [2.05, 4.69) is 35.0 Å². The maximum absolute atomic E-state index is 12.4. The molecular formula is C30H34N4O4. The molecule has 0 atom stereocenters. The minimum absolute atomic E-state index is 0.162. The molecule has 3 aromatic rings. The first-order valence-electron chi connectivity index (χ1n) is 12.4. The predicted molar refractivity (Wildman–Crippen MR) is 149 cm³/mol. The number of nitrogens with zero attached hydrogens (tertiary/aromatic N) is 1. The van der Waals surface area contributed by atoms with Crippen molar-refractivity contribution in [1.82, 2.24) is 10.7 Å². The van der Waals surface area contributed by atoms with Gasteiger partial charge in [0.05, 0.1) is 6.21 Å². The van der Waals surface area contributed by atoms with Gasteiger partial charge in [-0.05, 0) is 66.6 Å². The third-order valence-electron chi connectivity index (χ3n) is 5.85. The second kappa shape index (κ2) is 13.2. The summed E-state index contributed by atoms with van der Waals surface area (Å²) >= 11 is 0. The number of carbonyl (C=O) groups excluding carboxylic acids is 3. The average molecular weight is 515 g/mol. The molecule has 3 aromatic carbocycles. The Balaban J connectivity index is 1.46. The highest BCUT2D eigenvalue weighted by atomic mass is 16.5. The van der Waals surface area contributed by atoms with Crippen LogP contribution in [0.4, 0.5) is 5.69 Å². The fourth-order valence-corrected chi connectivity index (χ4v) is 3.89. The summed E-state index contributed by atoms with van der Waals surface area (Å²) in [4.78, 5) is 36.5. The van der Waals surface area contributed by atoms with Crippen molar-refractivity contribution >= 4 is 29.6 Å². The van der Waals surface area contributed by atoms with Gasteiger partial charge in [-0.3, -0.25) is 14.4 Å². The number of ether oxygens (including phenoxy) is 1. The van der Waals surface area contributed by atoms with Gasteiger partial charge in [0.1, 0.15) is 5.75 Å². The first-order chi connectivity index (χ1) is 18.1. The largest absolute Gasteiger partial charge is 0.484 e. The SMILES string of the molecule is Cc1cc(C)c(NC(=O)COc2cccc(/C=N\NC(=O)C(=O)NCc3ccc(C(C)C)cc3)c2)c(C)c1. The number of hydrogen-bond donors (Lipinski definition) is 3. The summed E-state index contributed by atoms with van der Waals surface area (Å²) in [5.41, 5.74) is 8.85. The monoisotopic (exact) mass is 514 g/mol. The van der Waals surface area contributed by atoms with E-state index >= 15 is 0 Å². The molecule has 0 aliphatic carbocycles. The van der Waals surface area contributed by atoms with Crippen LogP contribution in [-0.4, -0.2) is 30.5 Å². The second-order valence-corrected chi connectivity index (χ2v) is 9.46. The lowest BCUT2D eigenvalue weighted by molar-refractivity contribution is -0.139. The first kappa shape index (κ1) is 28.1. The van der Waals surface area contributed by atoms with E-state index in [1.807, 2.05) is 57.2 Å². The molecule has 0 aliphatic heterocycles. The summed E-state index contributed by atoms with van der Waals surface area (Å²) in [6, 6.07) is 18.8. The van der Waals surface area contributed by atoms with E-state index in [1.54, 1.807) is 24.3 Å². The van der Waals surface area contributed by atoms with Crippen molar-refractivity contribution in [2.45, 2.75) is 47.1 Å². The quantitative estimate of drug-likeness (QED) is 0.222. The normalized spacial score (nSPS) is 10.9. The van der Waals surface area contributed by atoms with Crippen molar-refractivity contribution < 1.29 is 19.1 Å². The van der Waals surface area contributed by atoms with Crippen molar-refractivity contribution in [1.29, 1.82) is 0 Å². The smallest absolute Gasteiger partial charge is 0.329 e. The number of hydrazone groups is 1. The third kappa shape index (κ3) is 8.30. The van der Waals surface area contributed by atoms with Crippen LogP contribution < -0.4 is 20.8 Å². The van der Waals surface area contributed by atoms with Crippen LogP contribution in [0.15, 0.2) is 65.8 Å². The molecule has 3 rings (SSSR count). The van der Waals surface area contributed by atoms with Crippen LogP contribution in [0.2, 0.25) is 0 Å². The highest BCUT2D eigenvalue weighted by molar-refractivity contribution is 6.35. The summed E-state index contributed by atoms with van der Waals surface area (Å²) in [6.45, 7) is 10.2. The summed E-state index contributed by atoms with van der Waals surface area (Å²) < 4.78 is 5.62. The number of carbonyl (C=O) groups is 3. The van der Waals surface area contributed by atoms with Crippen molar-refractivity contribution in [2.24, 2.45) is 5.10 Å². The summed E-state index contributed by atoms with van der Waals surface area (Å²) in [5, 5.41) is 9.32. The number of benzene rings is 3. The van der Waals surface area contributed by atoms with E-state index in [-0.39, 0.29) is 19.1 Å². The Labute approximate surface area is 223 Å². The van der Waals surface area contributed by atoms with Gasteiger partial charge in [-0.1, -0.05) is 67.9 Å². The fourth-order valence-electron chi connectivity index (χ4n) is 3.89. The molecule has 8 heteroatoms. The van der Waals surface area contributed by atoms with Crippen LogP contribution in [0, 0.1) is 20.8 Å². The van der Waals surface area contributed by atoms with E-state index in [0.29, 0.717) is 17.2 Å². The topological polar surface area (TPSA) is 109 Å². The molecule has 3 N–H and O–H groups in total. The number of anilines is 1. The van der Waals surface area contributed by atoms with E-state index < -0.39 is 11.8 Å². The lowest BCUT2D eigenvalue weighted by Gasteiger charge is -2.13.